The number of carboxylic acid groups (broad SMARTS) is 4. The molecule has 0 saturated heterocycles. The summed E-state index contributed by atoms with van der Waals surface area (Å²) in [7, 11) is 0. The van der Waals surface area contributed by atoms with Crippen molar-refractivity contribution < 1.29 is 39.6 Å². The maximum Gasteiger partial charge on any atom is 0.335 e. The van der Waals surface area contributed by atoms with Crippen molar-refractivity contribution in [3.8, 4) is 0 Å². The molecule has 4 aromatic carbocycles. The SMILES string of the molecule is O=C(O)c1ccc(C2=CC3(c4ccc(C(=O)O)cc4)/C=C4\NC(c5ccc(C(=O)O)cc5)(C=C4c4ccc(C(=O)O)cc4)/C=C4/C=CC(=N4)/C=c4/cc/c([nH]4)=C/C2=N3)cc1. The number of allylic oxidation sites excluding steroid dienone is 4. The van der Waals surface area contributed by atoms with E-state index in [1.54, 1.807) is 48.5 Å². The minimum atomic E-state index is -1.32. The lowest BCUT2D eigenvalue weighted by molar-refractivity contribution is 0.0686. The van der Waals surface area contributed by atoms with Gasteiger partial charge in [-0.2, -0.15) is 0 Å². The molecule has 0 radical (unpaired) electrons. The lowest BCUT2D eigenvalue weighted by Gasteiger charge is -2.28. The number of benzene rings is 4. The van der Waals surface area contributed by atoms with E-state index in [9.17, 15) is 39.6 Å². The van der Waals surface area contributed by atoms with E-state index in [0.717, 1.165) is 10.7 Å². The molecule has 0 saturated carbocycles. The van der Waals surface area contributed by atoms with Gasteiger partial charge >= 0.3 is 23.9 Å². The van der Waals surface area contributed by atoms with Crippen LogP contribution >= 0.6 is 0 Å². The second kappa shape index (κ2) is 14.2. The predicted molar refractivity (Wildman–Crippen MR) is 225 cm³/mol. The Morgan fingerprint density at radius 3 is 1.55 bits per heavy atom. The largest absolute Gasteiger partial charge is 0.478 e. The Hall–Kier alpha value is -8.38. The number of aliphatic imine (C=N–C) groups is 2. The molecular weight excluding hydrogens is 761 g/mol. The first-order valence-electron chi connectivity index (χ1n) is 18.7. The first-order valence-corrected chi connectivity index (χ1v) is 18.7. The van der Waals surface area contributed by atoms with E-state index >= 15 is 0 Å². The van der Waals surface area contributed by atoms with Gasteiger partial charge in [-0.05, 0) is 132 Å². The van der Waals surface area contributed by atoms with Crippen molar-refractivity contribution in [1.29, 1.82) is 0 Å². The third-order valence-corrected chi connectivity index (χ3v) is 10.8. The zero-order chi connectivity index (χ0) is 41.8. The Kier molecular flexibility index (Phi) is 8.82. The fraction of sp³-hybridized carbons (Fsp3) is 0.0417. The van der Waals surface area contributed by atoms with Crippen LogP contribution in [0.5, 0.6) is 0 Å². The van der Waals surface area contributed by atoms with Crippen LogP contribution in [0, 0.1) is 0 Å². The molecule has 12 nitrogen and oxygen atoms in total. The molecule has 0 spiro atoms. The topological polar surface area (TPSA) is 202 Å². The van der Waals surface area contributed by atoms with Crippen molar-refractivity contribution in [2.75, 3.05) is 0 Å². The summed E-state index contributed by atoms with van der Waals surface area (Å²) in [4.78, 5) is 61.5. The summed E-state index contributed by atoms with van der Waals surface area (Å²) in [6, 6.07) is 29.7. The minimum Gasteiger partial charge on any atom is -0.478 e. The van der Waals surface area contributed by atoms with E-state index in [0.29, 0.717) is 56.2 Å². The van der Waals surface area contributed by atoms with E-state index in [-0.39, 0.29) is 22.3 Å². The standard InChI is InChI=1S/C48H32N4O8/c53-43(54)29-5-1-27(2-6-29)39-24-48(34-15-11-32(12-16-34)46(59)60)26-42-40(28-3-7-30(8-4-28)44(55)56)25-47(52-42,33-13-9-31(10-14-33)45(57)58)23-38-20-19-36(50-38)21-35-17-18-37(49-35)22-41(39)51-48/h1-26,49,52H,(H,53,54)(H,55,56)(H,57,58)(H,59,60)/b35-21-,37-22-,38-23-,42-26-. The average Bonchev–Trinajstić information content (AvgIpc) is 4.05. The first kappa shape index (κ1) is 37.2. The Labute approximate surface area is 340 Å². The number of hydrogen-bond donors (Lipinski definition) is 6. The van der Waals surface area contributed by atoms with Crippen molar-refractivity contribution >= 4 is 58.6 Å². The number of hydrogen-bond acceptors (Lipinski definition) is 7. The highest BCUT2D eigenvalue weighted by Crippen LogP contribution is 2.46. The molecule has 9 rings (SSSR count). The number of aromatic amines is 1. The minimum absolute atomic E-state index is 0.0755. The highest BCUT2D eigenvalue weighted by Gasteiger charge is 2.41. The first-order chi connectivity index (χ1) is 28.9. The maximum atomic E-state index is 12.0. The van der Waals surface area contributed by atoms with Crippen LogP contribution in [-0.2, 0) is 11.1 Å². The molecule has 0 amide bonds. The maximum absolute atomic E-state index is 12.0. The van der Waals surface area contributed by atoms with E-state index < -0.39 is 35.0 Å². The van der Waals surface area contributed by atoms with Gasteiger partial charge in [0.25, 0.3) is 0 Å². The van der Waals surface area contributed by atoms with Crippen LogP contribution in [0.4, 0.5) is 0 Å². The molecule has 4 aliphatic heterocycles. The van der Waals surface area contributed by atoms with E-state index in [4.69, 9.17) is 9.98 Å². The number of rotatable bonds is 8. The lowest BCUT2D eigenvalue weighted by atomic mass is 9.86. The van der Waals surface area contributed by atoms with Crippen molar-refractivity contribution in [2.24, 2.45) is 9.98 Å². The summed E-state index contributed by atoms with van der Waals surface area (Å²) >= 11 is 0. The normalized spacial score (nSPS) is 22.8. The molecule has 2 atom stereocenters. The van der Waals surface area contributed by atoms with Crippen LogP contribution in [0.1, 0.15) is 63.7 Å². The van der Waals surface area contributed by atoms with Crippen molar-refractivity contribution in [3.63, 3.8) is 0 Å². The smallest absolute Gasteiger partial charge is 0.335 e. The zero-order valence-corrected chi connectivity index (χ0v) is 31.3. The molecule has 5 heterocycles. The molecule has 5 aromatic rings. The third kappa shape index (κ3) is 6.77. The third-order valence-electron chi connectivity index (χ3n) is 10.8. The van der Waals surface area contributed by atoms with Crippen LogP contribution in [0.3, 0.4) is 0 Å². The summed E-state index contributed by atoms with van der Waals surface area (Å²) in [5, 5.41) is 44.3. The molecule has 60 heavy (non-hydrogen) atoms. The molecular formula is C48H32N4O8. The number of fused-ring (bicyclic) bond motifs is 6. The van der Waals surface area contributed by atoms with Gasteiger partial charge in [0.15, 0.2) is 0 Å². The quantitative estimate of drug-likeness (QED) is 0.106. The highest BCUT2D eigenvalue weighted by atomic mass is 16.4. The van der Waals surface area contributed by atoms with Gasteiger partial charge < -0.3 is 30.7 Å². The van der Waals surface area contributed by atoms with Crippen LogP contribution in [0.25, 0.3) is 23.3 Å². The zero-order valence-electron chi connectivity index (χ0n) is 31.3. The number of carbonyl (C=O) groups is 4. The fourth-order valence-corrected chi connectivity index (χ4v) is 7.80. The summed E-state index contributed by atoms with van der Waals surface area (Å²) < 4.78 is 0. The predicted octanol–water partition coefficient (Wildman–Crippen LogP) is 6.18. The Bertz CT molecular complexity index is 3040. The Morgan fingerprint density at radius 1 is 0.500 bits per heavy atom. The van der Waals surface area contributed by atoms with Crippen molar-refractivity contribution in [1.82, 2.24) is 10.3 Å². The van der Waals surface area contributed by atoms with Crippen LogP contribution in [-0.4, -0.2) is 60.7 Å². The van der Waals surface area contributed by atoms with E-state index in [2.05, 4.69) is 10.3 Å². The second-order valence-electron chi connectivity index (χ2n) is 14.6. The number of nitrogens with one attached hydrogen (secondary N) is 2. The number of aromatic carboxylic acids is 4. The summed E-state index contributed by atoms with van der Waals surface area (Å²) in [6.07, 6.45) is 15.4. The second-order valence-corrected chi connectivity index (χ2v) is 14.6. The lowest BCUT2D eigenvalue weighted by Crippen LogP contribution is -2.35. The van der Waals surface area contributed by atoms with Crippen molar-refractivity contribution in [3.05, 3.63) is 212 Å². The molecule has 292 valence electrons. The van der Waals surface area contributed by atoms with Gasteiger partial charge in [0.05, 0.1) is 39.4 Å². The van der Waals surface area contributed by atoms with Gasteiger partial charge in [-0.25, -0.2) is 24.2 Å². The summed E-state index contributed by atoms with van der Waals surface area (Å²) in [5.74, 6) is -4.33. The van der Waals surface area contributed by atoms with Gasteiger partial charge in [0.1, 0.15) is 11.1 Å². The van der Waals surface area contributed by atoms with Gasteiger partial charge in [-0.15, -0.1) is 0 Å². The number of nitrogens with zero attached hydrogens (tertiary/aromatic N) is 2. The van der Waals surface area contributed by atoms with Gasteiger partial charge in [0.2, 0.25) is 0 Å². The van der Waals surface area contributed by atoms with Gasteiger partial charge in [0, 0.05) is 27.5 Å². The molecule has 4 aliphatic rings. The van der Waals surface area contributed by atoms with E-state index in [1.807, 2.05) is 60.7 Å². The highest BCUT2D eigenvalue weighted by molar-refractivity contribution is 6.39. The summed E-state index contributed by atoms with van der Waals surface area (Å²) in [5.41, 5.74) is 4.29. The Morgan fingerprint density at radius 2 is 1.00 bits per heavy atom. The van der Waals surface area contributed by atoms with Crippen LogP contribution in [0.15, 0.2) is 167 Å². The van der Waals surface area contributed by atoms with Gasteiger partial charge in [-0.1, -0.05) is 48.5 Å². The summed E-state index contributed by atoms with van der Waals surface area (Å²) in [6.45, 7) is 0. The fourth-order valence-electron chi connectivity index (χ4n) is 7.80. The number of aromatic nitrogens is 1. The monoisotopic (exact) mass is 792 g/mol. The molecule has 2 unspecified atom stereocenters. The molecule has 8 bridgehead atoms. The van der Waals surface area contributed by atoms with Gasteiger partial charge in [-0.3, -0.25) is 4.99 Å². The van der Waals surface area contributed by atoms with Crippen LogP contribution < -0.4 is 16.0 Å². The molecule has 0 aliphatic carbocycles. The molecule has 12 heteroatoms. The average molecular weight is 793 g/mol. The molecule has 6 N–H and O–H groups in total. The number of H-pyrrole nitrogens is 1. The number of carboxylic acids is 4. The molecule has 0 fully saturated rings. The van der Waals surface area contributed by atoms with Crippen molar-refractivity contribution in [2.45, 2.75) is 11.1 Å². The Balaban J connectivity index is 1.37. The van der Waals surface area contributed by atoms with E-state index in [1.165, 1.54) is 48.5 Å². The van der Waals surface area contributed by atoms with Crippen LogP contribution in [0.2, 0.25) is 0 Å². The molecule has 1 aromatic heterocycles.